The second-order valence-electron chi connectivity index (χ2n) is 18.2. The first-order chi connectivity index (χ1) is 35.2. The number of ether oxygens (including phenoxy) is 4. The SMILES string of the molecule is O=C(O)CCCCCCCCCCCCCCCCC(=O)C[C@@H](CCC(=O)NCCOCCOCCOCCOCCC(=O)C[C@@H](CCC(=O)NCCCC[C@@H](C(=O)O)C1SSC2(SS1)SS2)C(=O)O)C(=O)O.[HH]. The summed E-state index contributed by atoms with van der Waals surface area (Å²) in [5, 5.41) is 43.1. The van der Waals surface area contributed by atoms with Crippen LogP contribution in [-0.4, -0.2) is 141 Å². The summed E-state index contributed by atoms with van der Waals surface area (Å²) in [5.74, 6) is -7.07. The van der Waals surface area contributed by atoms with Crippen molar-refractivity contribution in [2.24, 2.45) is 17.8 Å². The van der Waals surface area contributed by atoms with Gasteiger partial charge < -0.3 is 50.0 Å². The van der Waals surface area contributed by atoms with E-state index in [1.54, 1.807) is 64.8 Å². The molecule has 0 bridgehead atoms. The van der Waals surface area contributed by atoms with E-state index in [-0.39, 0.29) is 116 Å². The molecule has 2 aliphatic rings. The van der Waals surface area contributed by atoms with Crippen LogP contribution in [0.5, 0.6) is 0 Å². The van der Waals surface area contributed by atoms with Crippen molar-refractivity contribution in [2.75, 3.05) is 65.9 Å². The Hall–Kier alpha value is -1.90. The molecule has 73 heavy (non-hydrogen) atoms. The van der Waals surface area contributed by atoms with Gasteiger partial charge in [-0.3, -0.25) is 38.4 Å². The lowest BCUT2D eigenvalue weighted by Crippen LogP contribution is -2.29. The Kier molecular flexibility index (Phi) is 39.7. The van der Waals surface area contributed by atoms with Gasteiger partial charge >= 0.3 is 23.9 Å². The average molecular weight is 1150 g/mol. The van der Waals surface area contributed by atoms with E-state index in [1.807, 2.05) is 0 Å². The monoisotopic (exact) mass is 1150 g/mol. The number of carboxylic acids is 4. The van der Waals surface area contributed by atoms with Gasteiger partial charge in [0.25, 0.3) is 0 Å². The van der Waals surface area contributed by atoms with Crippen molar-refractivity contribution >= 4 is 112 Å². The van der Waals surface area contributed by atoms with E-state index in [9.17, 15) is 53.7 Å². The molecule has 0 saturated carbocycles. The van der Waals surface area contributed by atoms with E-state index in [2.05, 4.69) is 10.6 Å². The maximum absolute atomic E-state index is 12.5. The van der Waals surface area contributed by atoms with Gasteiger partial charge in [0.15, 0.2) is 2.74 Å². The molecule has 422 valence electrons. The molecule has 1 spiro atoms. The Balaban J connectivity index is 0.0000274. The van der Waals surface area contributed by atoms with E-state index in [0.29, 0.717) is 58.7 Å². The van der Waals surface area contributed by atoms with Gasteiger partial charge in [-0.2, -0.15) is 0 Å². The topological polar surface area (TPSA) is 278 Å². The third-order valence-electron chi connectivity index (χ3n) is 12.0. The fraction of sp³-hybridized carbons (Fsp3) is 0.837. The summed E-state index contributed by atoms with van der Waals surface area (Å²) in [6.07, 6.45) is 17.5. The number of carbonyl (C=O) groups is 8. The Morgan fingerprint density at radius 3 is 1.27 bits per heavy atom. The molecular weight excluding hydrogens is 1060 g/mol. The van der Waals surface area contributed by atoms with Crippen LogP contribution in [0.1, 0.15) is 168 Å². The maximum Gasteiger partial charge on any atom is 0.308 e. The zero-order valence-corrected chi connectivity index (χ0v) is 47.3. The Bertz CT molecular complexity index is 1610. The van der Waals surface area contributed by atoms with Crippen molar-refractivity contribution < 1.29 is 79.2 Å². The van der Waals surface area contributed by atoms with Crippen LogP contribution < -0.4 is 10.6 Å². The zero-order chi connectivity index (χ0) is 53.4. The normalized spacial score (nSPS) is 15.3. The quantitative estimate of drug-likeness (QED) is 0.0188. The van der Waals surface area contributed by atoms with Crippen LogP contribution in [-0.2, 0) is 57.3 Å². The van der Waals surface area contributed by atoms with Crippen molar-refractivity contribution in [2.45, 2.75) is 174 Å². The van der Waals surface area contributed by atoms with Crippen LogP contribution in [0, 0.1) is 17.8 Å². The van der Waals surface area contributed by atoms with Crippen LogP contribution in [0.4, 0.5) is 0 Å². The second kappa shape index (κ2) is 43.1. The molecule has 2 fully saturated rings. The third-order valence-corrected chi connectivity index (χ3v) is 25.9. The standard InChI is InChI=1S/C49H82N2O16S6.H2/c52-39(17-13-11-9-7-5-3-1-2-4-6-8-10-12-14-19-44(56)57)35-37(45(58)59)21-23-43(55)51-26-28-65-30-32-67-34-33-66-31-29-64-27-24-40(53)36-38(46(60)61)20-22-42(54)50-25-16-15-18-41(47(62)63)48-68-70-49(71-69-48)72-73-49;/h37-38,41,48H,1-36H2,(H,50,54)(H,51,55)(H,56,57)(H,58,59)(H,60,61)(H,62,63);1H/t37-,38-,41+;/m1./s1. The van der Waals surface area contributed by atoms with Gasteiger partial charge in [0.1, 0.15) is 11.6 Å². The number of unbranched alkanes of at least 4 members (excludes halogenated alkanes) is 14. The number of hydrogen-bond donors (Lipinski definition) is 6. The first-order valence-corrected chi connectivity index (χ1v) is 32.6. The van der Waals surface area contributed by atoms with Crippen molar-refractivity contribution in [1.29, 1.82) is 0 Å². The predicted molar refractivity (Wildman–Crippen MR) is 295 cm³/mol. The van der Waals surface area contributed by atoms with Crippen LogP contribution >= 0.6 is 64.8 Å². The molecule has 2 saturated heterocycles. The average Bonchev–Trinajstić information content (AvgIpc) is 4.11. The number of Topliss-reactive ketones (excluding diaryl/α,β-unsaturated/α-hetero) is 2. The van der Waals surface area contributed by atoms with Gasteiger partial charge in [0.05, 0.1) is 75.2 Å². The molecule has 0 aromatic carbocycles. The van der Waals surface area contributed by atoms with Gasteiger partial charge in [-0.15, -0.1) is 0 Å². The highest BCUT2D eigenvalue weighted by Crippen LogP contribution is 2.84. The molecule has 2 heterocycles. The number of rotatable bonds is 51. The summed E-state index contributed by atoms with van der Waals surface area (Å²) in [7, 11) is 10.3. The highest BCUT2D eigenvalue weighted by molar-refractivity contribution is 9.14. The number of carboxylic acid groups (broad SMARTS) is 4. The van der Waals surface area contributed by atoms with E-state index >= 15 is 0 Å². The zero-order valence-electron chi connectivity index (χ0n) is 42.4. The molecule has 2 rings (SSSR count). The first-order valence-electron chi connectivity index (χ1n) is 26.0. The van der Waals surface area contributed by atoms with Crippen molar-refractivity contribution in [3.63, 3.8) is 0 Å². The lowest BCUT2D eigenvalue weighted by Gasteiger charge is -2.27. The molecule has 6 N–H and O–H groups in total. The van der Waals surface area contributed by atoms with Crippen molar-refractivity contribution in [3.8, 4) is 0 Å². The number of aliphatic carboxylic acids is 4. The molecule has 0 radical (unpaired) electrons. The largest absolute Gasteiger partial charge is 0.481 e. The number of amides is 2. The van der Waals surface area contributed by atoms with E-state index in [0.717, 1.165) is 44.9 Å². The number of hydrogen-bond acceptors (Lipinski definition) is 18. The summed E-state index contributed by atoms with van der Waals surface area (Å²) in [5.41, 5.74) is 0. The summed E-state index contributed by atoms with van der Waals surface area (Å²) in [6, 6.07) is 0. The molecule has 2 amide bonds. The minimum Gasteiger partial charge on any atom is -0.481 e. The fourth-order valence-electron chi connectivity index (χ4n) is 7.66. The van der Waals surface area contributed by atoms with E-state index in [1.165, 1.54) is 44.9 Å². The second-order valence-corrected chi connectivity index (χ2v) is 27.7. The number of nitrogens with one attached hydrogen (secondary N) is 2. The number of ketones is 2. The summed E-state index contributed by atoms with van der Waals surface area (Å²) in [6.45, 7) is 2.70. The predicted octanol–water partition coefficient (Wildman–Crippen LogP) is 10.1. The molecule has 0 aromatic heterocycles. The van der Waals surface area contributed by atoms with Gasteiger partial charge in [0, 0.05) is 59.5 Å². The smallest absolute Gasteiger partial charge is 0.308 e. The highest BCUT2D eigenvalue weighted by atomic mass is 33.2. The maximum atomic E-state index is 12.5. The Morgan fingerprint density at radius 1 is 0.425 bits per heavy atom. The molecule has 24 heteroatoms. The lowest BCUT2D eigenvalue weighted by molar-refractivity contribution is -0.145. The van der Waals surface area contributed by atoms with Crippen LogP contribution in [0.25, 0.3) is 0 Å². The van der Waals surface area contributed by atoms with Crippen molar-refractivity contribution in [3.05, 3.63) is 0 Å². The van der Waals surface area contributed by atoms with E-state index < -0.39 is 41.6 Å². The summed E-state index contributed by atoms with van der Waals surface area (Å²) < 4.78 is 21.9. The molecule has 0 aliphatic carbocycles. The molecule has 2 aliphatic heterocycles. The molecule has 0 unspecified atom stereocenters. The van der Waals surface area contributed by atoms with Crippen LogP contribution in [0.2, 0.25) is 0 Å². The van der Waals surface area contributed by atoms with Crippen LogP contribution in [0.15, 0.2) is 0 Å². The number of carbonyl (C=O) groups excluding carboxylic acids is 4. The summed E-state index contributed by atoms with van der Waals surface area (Å²) in [4.78, 5) is 95.5. The Morgan fingerprint density at radius 2 is 0.836 bits per heavy atom. The fourth-order valence-corrected chi connectivity index (χ4v) is 21.5. The van der Waals surface area contributed by atoms with Crippen LogP contribution in [0.3, 0.4) is 0 Å². The van der Waals surface area contributed by atoms with Gasteiger partial charge in [-0.05, 0) is 60.1 Å². The molecule has 0 aromatic rings. The molecule has 18 nitrogen and oxygen atoms in total. The molecular formula is C49H84N2O16S6. The molecule has 3 atom stereocenters. The highest BCUT2D eigenvalue weighted by Gasteiger charge is 2.53. The summed E-state index contributed by atoms with van der Waals surface area (Å²) >= 11 is 0. The Labute approximate surface area is 457 Å². The van der Waals surface area contributed by atoms with Gasteiger partial charge in [-0.25, -0.2) is 0 Å². The first kappa shape index (κ1) is 67.2. The minimum atomic E-state index is -1.14. The lowest BCUT2D eigenvalue weighted by atomic mass is 9.94. The van der Waals surface area contributed by atoms with Gasteiger partial charge in [-0.1, -0.05) is 127 Å². The third kappa shape index (κ3) is 36.7. The minimum absolute atomic E-state index is 0. The van der Waals surface area contributed by atoms with Gasteiger partial charge in [0.2, 0.25) is 11.8 Å². The van der Waals surface area contributed by atoms with E-state index in [4.69, 9.17) is 24.1 Å². The van der Waals surface area contributed by atoms with Crippen molar-refractivity contribution in [1.82, 2.24) is 10.6 Å².